The smallest absolute Gasteiger partial charge is 0.345 e. The van der Waals surface area contributed by atoms with Gasteiger partial charge in [-0.25, -0.2) is 4.79 Å². The van der Waals surface area contributed by atoms with Gasteiger partial charge in [-0.05, 0) is 25.0 Å². The average Bonchev–Trinajstić information content (AvgIpc) is 2.87. The first-order valence-electron chi connectivity index (χ1n) is 6.33. The van der Waals surface area contributed by atoms with Gasteiger partial charge in [0.2, 0.25) is 0 Å². The standard InChI is InChI=1S/C13H19NO3S/c15-9-13(6-2-1-3-7-13)14-8-10-4-5-11(18-10)12(16)17/h4-5,14-15H,1-3,6-9H2,(H,16,17). The fourth-order valence-electron chi connectivity index (χ4n) is 2.48. The minimum absolute atomic E-state index is 0.157. The van der Waals surface area contributed by atoms with Gasteiger partial charge in [0, 0.05) is 17.0 Å². The Bertz CT molecular complexity index is 410. The zero-order valence-electron chi connectivity index (χ0n) is 10.3. The molecule has 0 radical (unpaired) electrons. The van der Waals surface area contributed by atoms with Crippen LogP contribution in [0.4, 0.5) is 0 Å². The van der Waals surface area contributed by atoms with E-state index in [-0.39, 0.29) is 12.1 Å². The number of nitrogens with one attached hydrogen (secondary N) is 1. The summed E-state index contributed by atoms with van der Waals surface area (Å²) in [5.74, 6) is -0.874. The second-order valence-corrected chi connectivity index (χ2v) is 6.09. The van der Waals surface area contributed by atoms with Crippen LogP contribution in [0, 0.1) is 0 Å². The average molecular weight is 269 g/mol. The summed E-state index contributed by atoms with van der Waals surface area (Å²) < 4.78 is 0. The monoisotopic (exact) mass is 269 g/mol. The van der Waals surface area contributed by atoms with Crippen LogP contribution in [0.25, 0.3) is 0 Å². The summed E-state index contributed by atoms with van der Waals surface area (Å²) in [5.41, 5.74) is -0.161. The molecule has 0 saturated heterocycles. The maximum absolute atomic E-state index is 10.8. The molecule has 100 valence electrons. The number of aliphatic hydroxyl groups is 1. The summed E-state index contributed by atoms with van der Waals surface area (Å²) in [6.45, 7) is 0.794. The molecule has 1 aliphatic rings. The molecular weight excluding hydrogens is 250 g/mol. The van der Waals surface area contributed by atoms with Crippen LogP contribution in [-0.4, -0.2) is 28.3 Å². The molecular formula is C13H19NO3S. The number of thiophene rings is 1. The van der Waals surface area contributed by atoms with Crippen molar-refractivity contribution in [1.29, 1.82) is 0 Å². The van der Waals surface area contributed by atoms with E-state index in [2.05, 4.69) is 5.32 Å². The van der Waals surface area contributed by atoms with Crippen molar-refractivity contribution in [3.8, 4) is 0 Å². The number of carboxylic acids is 1. The number of aliphatic hydroxyl groups excluding tert-OH is 1. The van der Waals surface area contributed by atoms with Gasteiger partial charge in [0.1, 0.15) is 4.88 Å². The van der Waals surface area contributed by atoms with Crippen LogP contribution < -0.4 is 5.32 Å². The van der Waals surface area contributed by atoms with Crippen LogP contribution in [0.5, 0.6) is 0 Å². The molecule has 3 N–H and O–H groups in total. The number of rotatable bonds is 5. The molecule has 1 aliphatic carbocycles. The molecule has 1 fully saturated rings. The highest BCUT2D eigenvalue weighted by Crippen LogP contribution is 2.28. The fraction of sp³-hybridized carbons (Fsp3) is 0.615. The van der Waals surface area contributed by atoms with Crippen molar-refractivity contribution < 1.29 is 15.0 Å². The third kappa shape index (κ3) is 3.10. The quantitative estimate of drug-likeness (QED) is 0.766. The number of hydrogen-bond acceptors (Lipinski definition) is 4. The first-order valence-corrected chi connectivity index (χ1v) is 7.15. The van der Waals surface area contributed by atoms with Crippen LogP contribution >= 0.6 is 11.3 Å². The van der Waals surface area contributed by atoms with E-state index in [0.717, 1.165) is 30.6 Å². The van der Waals surface area contributed by atoms with Crippen molar-refractivity contribution in [3.05, 3.63) is 21.9 Å². The molecule has 0 unspecified atom stereocenters. The van der Waals surface area contributed by atoms with E-state index in [4.69, 9.17) is 5.11 Å². The number of carboxylic acid groups (broad SMARTS) is 1. The lowest BCUT2D eigenvalue weighted by atomic mass is 9.82. The Labute approximate surface area is 111 Å². The molecule has 18 heavy (non-hydrogen) atoms. The first kappa shape index (κ1) is 13.5. The van der Waals surface area contributed by atoms with Crippen molar-refractivity contribution in [1.82, 2.24) is 5.32 Å². The van der Waals surface area contributed by atoms with Crippen LogP contribution in [0.1, 0.15) is 46.7 Å². The van der Waals surface area contributed by atoms with Gasteiger partial charge in [-0.2, -0.15) is 0 Å². The Kier molecular flexibility index (Phi) is 4.37. The number of carbonyl (C=O) groups is 1. The van der Waals surface area contributed by atoms with Crippen LogP contribution in [0.3, 0.4) is 0 Å². The molecule has 0 atom stereocenters. The normalized spacial score (nSPS) is 18.7. The van der Waals surface area contributed by atoms with E-state index in [9.17, 15) is 9.90 Å². The molecule has 2 rings (SSSR count). The van der Waals surface area contributed by atoms with E-state index < -0.39 is 5.97 Å². The molecule has 0 spiro atoms. The van der Waals surface area contributed by atoms with Gasteiger partial charge in [0.15, 0.2) is 0 Å². The van der Waals surface area contributed by atoms with Gasteiger partial charge < -0.3 is 15.5 Å². The summed E-state index contributed by atoms with van der Waals surface area (Å²) >= 11 is 1.30. The largest absolute Gasteiger partial charge is 0.477 e. The van der Waals surface area contributed by atoms with Crippen molar-refractivity contribution in [2.75, 3.05) is 6.61 Å². The van der Waals surface area contributed by atoms with E-state index in [0.29, 0.717) is 11.4 Å². The molecule has 1 heterocycles. The van der Waals surface area contributed by atoms with Gasteiger partial charge in [0.05, 0.1) is 6.61 Å². The summed E-state index contributed by atoms with van der Waals surface area (Å²) in [5, 5.41) is 21.8. The fourth-order valence-corrected chi connectivity index (χ4v) is 3.27. The van der Waals surface area contributed by atoms with Gasteiger partial charge >= 0.3 is 5.97 Å². The Morgan fingerprint density at radius 1 is 1.33 bits per heavy atom. The topological polar surface area (TPSA) is 69.6 Å². The molecule has 0 aliphatic heterocycles. The molecule has 4 nitrogen and oxygen atoms in total. The van der Waals surface area contributed by atoms with E-state index in [1.54, 1.807) is 6.07 Å². The lowest BCUT2D eigenvalue weighted by Crippen LogP contribution is -2.49. The molecule has 1 saturated carbocycles. The van der Waals surface area contributed by atoms with Crippen molar-refractivity contribution in [3.63, 3.8) is 0 Å². The minimum atomic E-state index is -0.874. The Balaban J connectivity index is 1.94. The second-order valence-electron chi connectivity index (χ2n) is 4.92. The Hall–Kier alpha value is -0.910. The first-order chi connectivity index (χ1) is 8.65. The molecule has 0 aromatic carbocycles. The molecule has 0 amide bonds. The van der Waals surface area contributed by atoms with E-state index in [1.165, 1.54) is 17.8 Å². The predicted molar refractivity (Wildman–Crippen MR) is 71.0 cm³/mol. The SMILES string of the molecule is O=C(O)c1ccc(CNC2(CO)CCCCC2)s1. The van der Waals surface area contributed by atoms with Crippen molar-refractivity contribution in [2.45, 2.75) is 44.2 Å². The Morgan fingerprint density at radius 2 is 2.06 bits per heavy atom. The van der Waals surface area contributed by atoms with E-state index >= 15 is 0 Å². The van der Waals surface area contributed by atoms with Gasteiger partial charge in [-0.15, -0.1) is 11.3 Å². The van der Waals surface area contributed by atoms with Gasteiger partial charge in [-0.3, -0.25) is 0 Å². The van der Waals surface area contributed by atoms with Gasteiger partial charge in [-0.1, -0.05) is 19.3 Å². The summed E-state index contributed by atoms with van der Waals surface area (Å²) in [4.78, 5) is 12.2. The molecule has 1 aromatic heterocycles. The van der Waals surface area contributed by atoms with Gasteiger partial charge in [0.25, 0.3) is 0 Å². The second kappa shape index (κ2) is 5.82. The van der Waals surface area contributed by atoms with Crippen LogP contribution in [-0.2, 0) is 6.54 Å². The summed E-state index contributed by atoms with van der Waals surface area (Å²) in [7, 11) is 0. The third-order valence-corrected chi connectivity index (χ3v) is 4.70. The van der Waals surface area contributed by atoms with Crippen molar-refractivity contribution >= 4 is 17.3 Å². The lowest BCUT2D eigenvalue weighted by Gasteiger charge is -2.36. The highest BCUT2D eigenvalue weighted by molar-refractivity contribution is 7.13. The molecule has 0 bridgehead atoms. The maximum atomic E-state index is 10.8. The lowest BCUT2D eigenvalue weighted by molar-refractivity contribution is 0.0702. The maximum Gasteiger partial charge on any atom is 0.345 e. The van der Waals surface area contributed by atoms with Crippen LogP contribution in [0.15, 0.2) is 12.1 Å². The summed E-state index contributed by atoms with van der Waals surface area (Å²) in [6.07, 6.45) is 5.55. The highest BCUT2D eigenvalue weighted by Gasteiger charge is 2.30. The third-order valence-electron chi connectivity index (χ3n) is 3.62. The van der Waals surface area contributed by atoms with Crippen LogP contribution in [0.2, 0.25) is 0 Å². The highest BCUT2D eigenvalue weighted by atomic mass is 32.1. The minimum Gasteiger partial charge on any atom is -0.477 e. The molecule has 1 aromatic rings. The van der Waals surface area contributed by atoms with E-state index in [1.807, 2.05) is 6.07 Å². The molecule has 5 heteroatoms. The zero-order chi connectivity index (χ0) is 13.0. The Morgan fingerprint density at radius 3 is 2.61 bits per heavy atom. The number of aromatic carboxylic acids is 1. The summed E-state index contributed by atoms with van der Waals surface area (Å²) in [6, 6.07) is 3.48. The number of hydrogen-bond donors (Lipinski definition) is 3. The predicted octanol–water partition coefficient (Wildman–Crippen LogP) is 2.23. The zero-order valence-corrected chi connectivity index (χ0v) is 11.1. The van der Waals surface area contributed by atoms with Crippen molar-refractivity contribution in [2.24, 2.45) is 0 Å².